The maximum atomic E-state index is 13.3. The normalized spacial score (nSPS) is 31.7. The van der Waals surface area contributed by atoms with Gasteiger partial charge in [0, 0.05) is 6.54 Å². The van der Waals surface area contributed by atoms with Crippen LogP contribution >= 0.6 is 0 Å². The Morgan fingerprint density at radius 1 is 1.16 bits per heavy atom. The molecule has 0 radical (unpaired) electrons. The molecule has 4 unspecified atom stereocenters. The Balaban J connectivity index is 1.78. The van der Waals surface area contributed by atoms with Gasteiger partial charge in [0.2, 0.25) is 0 Å². The summed E-state index contributed by atoms with van der Waals surface area (Å²) >= 11 is 0. The molecule has 0 N–H and O–H groups in total. The molecule has 1 aliphatic carbocycles. The zero-order valence-corrected chi connectivity index (χ0v) is 14.9. The summed E-state index contributed by atoms with van der Waals surface area (Å²) in [6.07, 6.45) is 3.53. The van der Waals surface area contributed by atoms with Crippen molar-refractivity contribution in [1.82, 2.24) is 4.90 Å². The van der Waals surface area contributed by atoms with Gasteiger partial charge in [-0.25, -0.2) is 0 Å². The van der Waals surface area contributed by atoms with E-state index in [0.717, 1.165) is 31.2 Å². The number of ketones is 1. The van der Waals surface area contributed by atoms with Gasteiger partial charge in [-0.15, -0.1) is 0 Å². The van der Waals surface area contributed by atoms with Crippen LogP contribution in [0.5, 0.6) is 0 Å². The minimum absolute atomic E-state index is 0.0944. The van der Waals surface area contributed by atoms with Crippen molar-refractivity contribution in [3.63, 3.8) is 0 Å². The highest BCUT2D eigenvalue weighted by molar-refractivity contribution is 6.11. The van der Waals surface area contributed by atoms with Crippen LogP contribution in [0.3, 0.4) is 0 Å². The van der Waals surface area contributed by atoms with E-state index in [-0.39, 0.29) is 29.8 Å². The molecule has 4 atom stereocenters. The number of nitrogens with zero attached hydrogens (tertiary/aromatic N) is 1. The lowest BCUT2D eigenvalue weighted by molar-refractivity contribution is -0.136. The molecule has 4 rings (SSSR count). The minimum Gasteiger partial charge on any atom is -0.483 e. The average molecular weight is 339 g/mol. The lowest BCUT2D eigenvalue weighted by Gasteiger charge is -2.37. The highest BCUT2D eigenvalue weighted by Gasteiger charge is 2.52. The van der Waals surface area contributed by atoms with Gasteiger partial charge in [-0.2, -0.15) is 0 Å². The first-order valence-corrected chi connectivity index (χ1v) is 9.42. The standard InChI is InChI=1S/C21H25NO3/c1-3-11-22-18(14-7-5-4-6-8-14)17-19(23)15-12-13(2)9-10-16(15)25-20(17)21(22)24/h4-8,13,15-16,18H,3,9-12H2,1-2H3. The van der Waals surface area contributed by atoms with E-state index in [9.17, 15) is 9.59 Å². The van der Waals surface area contributed by atoms with Gasteiger partial charge < -0.3 is 9.64 Å². The summed E-state index contributed by atoms with van der Waals surface area (Å²) < 4.78 is 6.14. The van der Waals surface area contributed by atoms with Crippen molar-refractivity contribution in [1.29, 1.82) is 0 Å². The molecule has 1 aromatic rings. The quantitative estimate of drug-likeness (QED) is 0.845. The molecule has 0 spiro atoms. The number of carbonyl (C=O) groups excluding carboxylic acids is 2. The Labute approximate surface area is 148 Å². The van der Waals surface area contributed by atoms with Gasteiger partial charge in [-0.1, -0.05) is 44.2 Å². The van der Waals surface area contributed by atoms with Crippen LogP contribution in [0, 0.1) is 11.8 Å². The molecule has 2 heterocycles. The SMILES string of the molecule is CCCN1C(=O)C2=C(C(=O)C3CC(C)CCC3O2)C1c1ccccc1. The first-order chi connectivity index (χ1) is 12.1. The lowest BCUT2D eigenvalue weighted by Crippen LogP contribution is -2.41. The summed E-state index contributed by atoms with van der Waals surface area (Å²) in [6.45, 7) is 4.88. The molecule has 0 bridgehead atoms. The van der Waals surface area contributed by atoms with E-state index in [2.05, 4.69) is 13.8 Å². The molecule has 1 aromatic carbocycles. The molecule has 4 heteroatoms. The van der Waals surface area contributed by atoms with E-state index >= 15 is 0 Å². The second-order valence-corrected chi connectivity index (χ2v) is 7.60. The Kier molecular flexibility index (Phi) is 4.14. The Bertz CT molecular complexity index is 724. The first-order valence-electron chi connectivity index (χ1n) is 9.42. The van der Waals surface area contributed by atoms with Crippen LogP contribution in [-0.4, -0.2) is 29.2 Å². The van der Waals surface area contributed by atoms with Gasteiger partial charge in [0.1, 0.15) is 6.10 Å². The topological polar surface area (TPSA) is 46.6 Å². The zero-order chi connectivity index (χ0) is 17.6. The van der Waals surface area contributed by atoms with E-state index < -0.39 is 0 Å². The predicted molar refractivity (Wildman–Crippen MR) is 94.6 cm³/mol. The fourth-order valence-corrected chi connectivity index (χ4v) is 4.58. The minimum atomic E-state index is -0.297. The van der Waals surface area contributed by atoms with Crippen LogP contribution < -0.4 is 0 Å². The number of rotatable bonds is 3. The number of hydrogen-bond donors (Lipinski definition) is 0. The molecule has 25 heavy (non-hydrogen) atoms. The van der Waals surface area contributed by atoms with Crippen molar-refractivity contribution in [3.05, 3.63) is 47.2 Å². The first kappa shape index (κ1) is 16.4. The van der Waals surface area contributed by atoms with E-state index in [0.29, 0.717) is 23.8 Å². The van der Waals surface area contributed by atoms with Gasteiger partial charge in [0.05, 0.1) is 17.5 Å². The van der Waals surface area contributed by atoms with Crippen molar-refractivity contribution in [3.8, 4) is 0 Å². The third kappa shape index (κ3) is 2.59. The monoisotopic (exact) mass is 339 g/mol. The van der Waals surface area contributed by atoms with Crippen LogP contribution in [0.4, 0.5) is 0 Å². The van der Waals surface area contributed by atoms with Crippen LogP contribution in [0.25, 0.3) is 0 Å². The van der Waals surface area contributed by atoms with Crippen molar-refractivity contribution < 1.29 is 14.3 Å². The summed E-state index contributed by atoms with van der Waals surface area (Å²) in [5.74, 6) is 0.788. The molecular weight excluding hydrogens is 314 g/mol. The van der Waals surface area contributed by atoms with Gasteiger partial charge in [-0.05, 0) is 37.2 Å². The Hall–Kier alpha value is -2.10. The van der Waals surface area contributed by atoms with E-state index in [1.807, 2.05) is 35.2 Å². The highest BCUT2D eigenvalue weighted by Crippen LogP contribution is 2.47. The maximum Gasteiger partial charge on any atom is 0.290 e. The Morgan fingerprint density at radius 3 is 2.64 bits per heavy atom. The van der Waals surface area contributed by atoms with E-state index in [1.54, 1.807) is 0 Å². The fourth-order valence-electron chi connectivity index (χ4n) is 4.58. The number of carbonyl (C=O) groups is 2. The molecule has 1 amide bonds. The van der Waals surface area contributed by atoms with E-state index in [1.165, 1.54) is 0 Å². The van der Waals surface area contributed by atoms with Crippen molar-refractivity contribution in [2.45, 2.75) is 51.7 Å². The third-order valence-corrected chi connectivity index (χ3v) is 5.79. The van der Waals surface area contributed by atoms with Crippen molar-refractivity contribution in [2.24, 2.45) is 11.8 Å². The average Bonchev–Trinajstić information content (AvgIpc) is 2.90. The van der Waals surface area contributed by atoms with Gasteiger partial charge in [0.25, 0.3) is 5.91 Å². The predicted octanol–water partition coefficient (Wildman–Crippen LogP) is 3.64. The van der Waals surface area contributed by atoms with Crippen LogP contribution in [0.15, 0.2) is 41.7 Å². The summed E-state index contributed by atoms with van der Waals surface area (Å²) in [5, 5.41) is 0. The Morgan fingerprint density at radius 2 is 1.92 bits per heavy atom. The summed E-state index contributed by atoms with van der Waals surface area (Å²) in [4.78, 5) is 28.2. The smallest absolute Gasteiger partial charge is 0.290 e. The lowest BCUT2D eigenvalue weighted by atomic mass is 9.74. The third-order valence-electron chi connectivity index (χ3n) is 5.79. The fraction of sp³-hybridized carbons (Fsp3) is 0.524. The molecule has 0 aromatic heterocycles. The molecular formula is C21H25NO3. The van der Waals surface area contributed by atoms with Crippen LogP contribution in [0.1, 0.15) is 51.1 Å². The second kappa shape index (κ2) is 6.32. The molecule has 4 nitrogen and oxygen atoms in total. The molecule has 2 aliphatic heterocycles. The summed E-state index contributed by atoms with van der Waals surface area (Å²) in [5.41, 5.74) is 1.59. The molecule has 1 fully saturated rings. The van der Waals surface area contributed by atoms with Gasteiger partial charge in [-0.3, -0.25) is 9.59 Å². The maximum absolute atomic E-state index is 13.3. The molecule has 3 aliphatic rings. The molecule has 1 saturated carbocycles. The summed E-state index contributed by atoms with van der Waals surface area (Å²) in [7, 11) is 0. The molecule has 0 saturated heterocycles. The number of hydrogen-bond acceptors (Lipinski definition) is 3. The summed E-state index contributed by atoms with van der Waals surface area (Å²) in [6, 6.07) is 9.58. The van der Waals surface area contributed by atoms with Crippen molar-refractivity contribution in [2.75, 3.05) is 6.54 Å². The van der Waals surface area contributed by atoms with Gasteiger partial charge >= 0.3 is 0 Å². The van der Waals surface area contributed by atoms with Crippen LogP contribution in [0.2, 0.25) is 0 Å². The van der Waals surface area contributed by atoms with E-state index in [4.69, 9.17) is 4.74 Å². The highest BCUT2D eigenvalue weighted by atomic mass is 16.5. The number of ether oxygens (including phenoxy) is 1. The largest absolute Gasteiger partial charge is 0.483 e. The van der Waals surface area contributed by atoms with Gasteiger partial charge in [0.15, 0.2) is 11.5 Å². The molecule has 132 valence electrons. The van der Waals surface area contributed by atoms with Crippen LogP contribution in [-0.2, 0) is 14.3 Å². The number of Topliss-reactive ketones (excluding diaryl/α,β-unsaturated/α-hetero) is 1. The number of fused-ring (bicyclic) bond motifs is 1. The zero-order valence-electron chi connectivity index (χ0n) is 14.9. The number of amides is 1. The van der Waals surface area contributed by atoms with Crippen molar-refractivity contribution >= 4 is 11.7 Å². The second-order valence-electron chi connectivity index (χ2n) is 7.60. The number of benzene rings is 1.